The van der Waals surface area contributed by atoms with Gasteiger partial charge in [-0.15, -0.1) is 0 Å². The Morgan fingerprint density at radius 3 is 2.67 bits per heavy atom. The van der Waals surface area contributed by atoms with Gasteiger partial charge >= 0.3 is 5.69 Å². The van der Waals surface area contributed by atoms with Gasteiger partial charge in [0.2, 0.25) is 5.82 Å². The maximum Gasteiger partial charge on any atom is 0.308 e. The number of carbonyl (C=O) groups is 1. The van der Waals surface area contributed by atoms with E-state index < -0.39 is 33.7 Å². The third-order valence-electron chi connectivity index (χ3n) is 3.35. The van der Waals surface area contributed by atoms with Gasteiger partial charge in [0.05, 0.1) is 16.6 Å². The number of halogens is 2. The molecule has 1 fully saturated rings. The Kier molecular flexibility index (Phi) is 4.79. The summed E-state index contributed by atoms with van der Waals surface area (Å²) in [5, 5.41) is 13.1. The van der Waals surface area contributed by atoms with E-state index in [2.05, 4.69) is 5.32 Å². The summed E-state index contributed by atoms with van der Waals surface area (Å²) in [6.45, 7) is 1.49. The van der Waals surface area contributed by atoms with E-state index in [9.17, 15) is 23.7 Å². The zero-order valence-corrected chi connectivity index (χ0v) is 11.1. The second-order valence-corrected chi connectivity index (χ2v) is 4.81. The molecule has 0 atom stereocenters. The number of nitrogens with one attached hydrogen (secondary N) is 1. The highest BCUT2D eigenvalue weighted by Crippen LogP contribution is 2.22. The van der Waals surface area contributed by atoms with Crippen LogP contribution in [0.5, 0.6) is 0 Å². The Balaban J connectivity index is 2.09. The molecule has 1 N–H and O–H groups in total. The standard InChI is InChI=1S/C13H14F2N2O4/c14-9-5-10(12(15)11(6-9)17(19)20)13(18)16-7-8-1-3-21-4-2-8/h5-6,8H,1-4,7H2,(H,16,18). The molecule has 1 aliphatic heterocycles. The lowest BCUT2D eigenvalue weighted by Gasteiger charge is -2.22. The second kappa shape index (κ2) is 6.57. The third-order valence-corrected chi connectivity index (χ3v) is 3.35. The maximum atomic E-state index is 13.8. The van der Waals surface area contributed by atoms with Crippen molar-refractivity contribution in [2.24, 2.45) is 5.92 Å². The number of nitro groups is 1. The van der Waals surface area contributed by atoms with Gasteiger partial charge in [0.15, 0.2) is 0 Å². The van der Waals surface area contributed by atoms with Gasteiger partial charge in [-0.2, -0.15) is 4.39 Å². The summed E-state index contributed by atoms with van der Waals surface area (Å²) in [6.07, 6.45) is 1.54. The van der Waals surface area contributed by atoms with Crippen LogP contribution in [0.3, 0.4) is 0 Å². The fourth-order valence-corrected chi connectivity index (χ4v) is 2.16. The monoisotopic (exact) mass is 300 g/mol. The molecule has 1 saturated heterocycles. The molecule has 6 nitrogen and oxygen atoms in total. The Hall–Kier alpha value is -2.09. The van der Waals surface area contributed by atoms with Crippen LogP contribution in [-0.2, 0) is 4.74 Å². The molecular formula is C13H14F2N2O4. The molecule has 0 saturated carbocycles. The minimum atomic E-state index is -1.33. The zero-order valence-electron chi connectivity index (χ0n) is 11.1. The molecule has 0 aliphatic carbocycles. The first-order chi connectivity index (χ1) is 9.99. The van der Waals surface area contributed by atoms with Gasteiger partial charge in [0.1, 0.15) is 5.82 Å². The molecule has 1 heterocycles. The van der Waals surface area contributed by atoms with Crippen molar-refractivity contribution in [1.82, 2.24) is 5.32 Å². The molecule has 0 radical (unpaired) electrons. The van der Waals surface area contributed by atoms with Crippen LogP contribution in [0.15, 0.2) is 12.1 Å². The fourth-order valence-electron chi connectivity index (χ4n) is 2.16. The molecule has 0 spiro atoms. The molecule has 21 heavy (non-hydrogen) atoms. The van der Waals surface area contributed by atoms with Gasteiger partial charge in [-0.25, -0.2) is 4.39 Å². The number of hydrogen-bond donors (Lipinski definition) is 1. The van der Waals surface area contributed by atoms with Crippen LogP contribution in [0.25, 0.3) is 0 Å². The molecule has 1 amide bonds. The average molecular weight is 300 g/mol. The van der Waals surface area contributed by atoms with Crippen molar-refractivity contribution in [2.45, 2.75) is 12.8 Å². The third kappa shape index (κ3) is 3.72. The summed E-state index contributed by atoms with van der Waals surface area (Å²) in [4.78, 5) is 21.4. The highest BCUT2D eigenvalue weighted by Gasteiger charge is 2.24. The molecular weight excluding hydrogens is 286 g/mol. The summed E-state index contributed by atoms with van der Waals surface area (Å²) < 4.78 is 32.3. The lowest BCUT2D eigenvalue weighted by atomic mass is 10.0. The zero-order chi connectivity index (χ0) is 15.4. The Labute approximate surface area is 119 Å². The van der Waals surface area contributed by atoms with E-state index in [1.165, 1.54) is 0 Å². The number of nitrogens with zero attached hydrogens (tertiary/aromatic N) is 1. The van der Waals surface area contributed by atoms with Crippen molar-refractivity contribution in [3.05, 3.63) is 39.4 Å². The van der Waals surface area contributed by atoms with E-state index in [1.54, 1.807) is 0 Å². The van der Waals surface area contributed by atoms with Gasteiger partial charge in [-0.3, -0.25) is 14.9 Å². The topological polar surface area (TPSA) is 81.5 Å². The van der Waals surface area contributed by atoms with Crippen LogP contribution in [0.1, 0.15) is 23.2 Å². The number of amides is 1. The number of nitro benzene ring substituents is 1. The van der Waals surface area contributed by atoms with E-state index in [0.29, 0.717) is 31.9 Å². The number of carbonyl (C=O) groups excluding carboxylic acids is 1. The summed E-state index contributed by atoms with van der Waals surface area (Å²) in [5.41, 5.74) is -1.71. The van der Waals surface area contributed by atoms with E-state index >= 15 is 0 Å². The smallest absolute Gasteiger partial charge is 0.308 e. The molecule has 1 aromatic carbocycles. The Morgan fingerprint density at radius 2 is 2.05 bits per heavy atom. The molecule has 114 valence electrons. The van der Waals surface area contributed by atoms with Crippen molar-refractivity contribution >= 4 is 11.6 Å². The van der Waals surface area contributed by atoms with Gasteiger partial charge in [0, 0.05) is 19.8 Å². The SMILES string of the molecule is O=C(NCC1CCOCC1)c1cc(F)cc([N+](=O)[O-])c1F. The highest BCUT2D eigenvalue weighted by molar-refractivity contribution is 5.95. The number of hydrogen-bond acceptors (Lipinski definition) is 4. The second-order valence-electron chi connectivity index (χ2n) is 4.81. The van der Waals surface area contributed by atoms with E-state index in [1.807, 2.05) is 0 Å². The van der Waals surface area contributed by atoms with Crippen molar-refractivity contribution in [1.29, 1.82) is 0 Å². The lowest BCUT2D eigenvalue weighted by Crippen LogP contribution is -2.32. The molecule has 2 rings (SSSR count). The first-order valence-electron chi connectivity index (χ1n) is 6.48. The van der Waals surface area contributed by atoms with Crippen LogP contribution in [0, 0.1) is 27.7 Å². The van der Waals surface area contributed by atoms with Crippen molar-refractivity contribution in [3.63, 3.8) is 0 Å². The Morgan fingerprint density at radius 1 is 1.38 bits per heavy atom. The summed E-state index contributed by atoms with van der Waals surface area (Å²) in [6, 6.07) is 1.10. The minimum absolute atomic E-state index is 0.203. The molecule has 0 aromatic heterocycles. The van der Waals surface area contributed by atoms with Gasteiger partial charge in [-0.05, 0) is 24.8 Å². The number of rotatable bonds is 4. The van der Waals surface area contributed by atoms with Gasteiger partial charge in [-0.1, -0.05) is 0 Å². The van der Waals surface area contributed by atoms with E-state index in [0.717, 1.165) is 12.8 Å². The maximum absolute atomic E-state index is 13.8. The van der Waals surface area contributed by atoms with E-state index in [-0.39, 0.29) is 5.92 Å². The summed E-state index contributed by atoms with van der Waals surface area (Å²) in [7, 11) is 0. The van der Waals surface area contributed by atoms with E-state index in [4.69, 9.17) is 4.74 Å². The van der Waals surface area contributed by atoms with Gasteiger partial charge < -0.3 is 10.1 Å². The number of ether oxygens (including phenoxy) is 1. The lowest BCUT2D eigenvalue weighted by molar-refractivity contribution is -0.387. The molecule has 1 aromatic rings. The first kappa shape index (κ1) is 15.3. The number of benzene rings is 1. The molecule has 1 aliphatic rings. The largest absolute Gasteiger partial charge is 0.381 e. The summed E-state index contributed by atoms with van der Waals surface area (Å²) in [5.74, 6) is -3.01. The molecule has 0 unspecified atom stereocenters. The van der Waals surface area contributed by atoms with Crippen LogP contribution >= 0.6 is 0 Å². The van der Waals surface area contributed by atoms with Crippen molar-refractivity contribution in [2.75, 3.05) is 19.8 Å². The van der Waals surface area contributed by atoms with Crippen molar-refractivity contribution < 1.29 is 23.2 Å². The fraction of sp³-hybridized carbons (Fsp3) is 0.462. The Bertz CT molecular complexity index is 559. The predicted octanol–water partition coefficient (Wildman–Crippen LogP) is 2.03. The normalized spacial score (nSPS) is 15.7. The van der Waals surface area contributed by atoms with Crippen LogP contribution in [0.4, 0.5) is 14.5 Å². The van der Waals surface area contributed by atoms with Crippen LogP contribution < -0.4 is 5.32 Å². The average Bonchev–Trinajstić information content (AvgIpc) is 2.47. The van der Waals surface area contributed by atoms with Crippen LogP contribution in [0.2, 0.25) is 0 Å². The van der Waals surface area contributed by atoms with Crippen LogP contribution in [-0.4, -0.2) is 30.6 Å². The minimum Gasteiger partial charge on any atom is -0.381 e. The molecule has 0 bridgehead atoms. The van der Waals surface area contributed by atoms with Crippen molar-refractivity contribution in [3.8, 4) is 0 Å². The first-order valence-corrected chi connectivity index (χ1v) is 6.48. The molecule has 8 heteroatoms. The summed E-state index contributed by atoms with van der Waals surface area (Å²) >= 11 is 0. The highest BCUT2D eigenvalue weighted by atomic mass is 19.1. The predicted molar refractivity (Wildman–Crippen MR) is 68.9 cm³/mol. The van der Waals surface area contributed by atoms with Gasteiger partial charge in [0.25, 0.3) is 5.91 Å². The quantitative estimate of drug-likeness (QED) is 0.681.